The van der Waals surface area contributed by atoms with Gasteiger partial charge in [0, 0.05) is 30.7 Å². The Balaban J connectivity index is 1.96. The van der Waals surface area contributed by atoms with E-state index in [-0.39, 0.29) is 32.0 Å². The summed E-state index contributed by atoms with van der Waals surface area (Å²) in [5.41, 5.74) is 0.128. The van der Waals surface area contributed by atoms with Crippen LogP contribution < -0.4 is 9.47 Å². The maximum absolute atomic E-state index is 14.1. The number of aromatic nitrogens is 1. The number of fused-ring (bicyclic) bond motifs is 1. The van der Waals surface area contributed by atoms with E-state index in [1.807, 2.05) is 0 Å². The van der Waals surface area contributed by atoms with Crippen LogP contribution in [0.2, 0.25) is 0 Å². The average Bonchev–Trinajstić information content (AvgIpc) is 2.82. The molecule has 0 spiro atoms. The molecule has 1 aliphatic rings. The lowest BCUT2D eigenvalue weighted by Gasteiger charge is -2.27. The maximum atomic E-state index is 14.1. The van der Waals surface area contributed by atoms with Crippen molar-refractivity contribution in [2.45, 2.75) is 9.79 Å². The lowest BCUT2D eigenvalue weighted by molar-refractivity contribution is 0.0300. The van der Waals surface area contributed by atoms with E-state index in [0.29, 0.717) is 32.1 Å². The van der Waals surface area contributed by atoms with Gasteiger partial charge < -0.3 is 19.1 Å². The van der Waals surface area contributed by atoms with Gasteiger partial charge in [-0.05, 0) is 30.3 Å². The molecule has 168 valence electrons. The highest BCUT2D eigenvalue weighted by Crippen LogP contribution is 2.36. The summed E-state index contributed by atoms with van der Waals surface area (Å²) in [7, 11) is -1.45. The van der Waals surface area contributed by atoms with E-state index >= 15 is 0 Å². The van der Waals surface area contributed by atoms with Crippen molar-refractivity contribution >= 4 is 26.6 Å². The quantitative estimate of drug-likeness (QED) is 0.578. The number of pyridine rings is 1. The zero-order chi connectivity index (χ0) is 22.9. The Morgan fingerprint density at radius 1 is 1.06 bits per heavy atom. The van der Waals surface area contributed by atoms with Gasteiger partial charge in [0.2, 0.25) is 9.84 Å². The van der Waals surface area contributed by atoms with Crippen molar-refractivity contribution in [3.05, 3.63) is 54.0 Å². The fourth-order valence-electron chi connectivity index (χ4n) is 3.62. The highest BCUT2D eigenvalue weighted by molar-refractivity contribution is 7.91. The monoisotopic (exact) mass is 460 g/mol. The van der Waals surface area contributed by atoms with Gasteiger partial charge in [0.15, 0.2) is 11.5 Å². The Morgan fingerprint density at radius 3 is 2.47 bits per heavy atom. The molecule has 0 saturated carbocycles. The second-order valence-corrected chi connectivity index (χ2v) is 8.97. The SMILES string of the molecule is COc1ccc(S(=O)(=O)c2c(C(=O)N3CCOCC3)cnc3ccc(F)cc23)cc1OC. The number of rotatable bonds is 5. The molecule has 3 aromatic rings. The molecule has 0 bridgehead atoms. The van der Waals surface area contributed by atoms with Crippen LogP contribution in [0.5, 0.6) is 11.5 Å². The molecular weight excluding hydrogens is 439 g/mol. The summed E-state index contributed by atoms with van der Waals surface area (Å²) >= 11 is 0. The Kier molecular flexibility index (Phi) is 5.98. The van der Waals surface area contributed by atoms with Gasteiger partial charge in [-0.2, -0.15) is 0 Å². The van der Waals surface area contributed by atoms with Crippen LogP contribution in [0.3, 0.4) is 0 Å². The Morgan fingerprint density at radius 2 is 1.78 bits per heavy atom. The lowest BCUT2D eigenvalue weighted by Crippen LogP contribution is -2.41. The number of hydrogen-bond donors (Lipinski definition) is 0. The van der Waals surface area contributed by atoms with Gasteiger partial charge in [-0.25, -0.2) is 12.8 Å². The van der Waals surface area contributed by atoms with Gasteiger partial charge in [-0.1, -0.05) is 0 Å². The van der Waals surface area contributed by atoms with Crippen LogP contribution in [0.4, 0.5) is 4.39 Å². The average molecular weight is 460 g/mol. The van der Waals surface area contributed by atoms with Crippen molar-refractivity contribution in [3.8, 4) is 11.5 Å². The summed E-state index contributed by atoms with van der Waals surface area (Å²) in [5.74, 6) is -0.592. The van der Waals surface area contributed by atoms with Gasteiger partial charge >= 0.3 is 0 Å². The molecule has 0 aliphatic carbocycles. The fourth-order valence-corrected chi connectivity index (χ4v) is 5.25. The molecule has 1 aliphatic heterocycles. The van der Waals surface area contributed by atoms with Crippen LogP contribution in [-0.4, -0.2) is 64.7 Å². The number of amides is 1. The molecule has 0 unspecified atom stereocenters. The number of sulfone groups is 1. The minimum absolute atomic E-state index is 0.0268. The molecule has 1 aromatic heterocycles. The molecule has 1 fully saturated rings. The first kappa shape index (κ1) is 22.0. The van der Waals surface area contributed by atoms with Crippen LogP contribution in [0.1, 0.15) is 10.4 Å². The molecule has 2 aromatic carbocycles. The zero-order valence-electron chi connectivity index (χ0n) is 17.5. The van der Waals surface area contributed by atoms with Crippen molar-refractivity contribution < 1.29 is 31.8 Å². The standard InChI is InChI=1S/C22H21FN2O6S/c1-29-19-6-4-15(12-20(19)30-2)32(27,28)21-16-11-14(23)3-5-18(16)24-13-17(21)22(26)25-7-9-31-10-8-25/h3-6,11-13H,7-10H2,1-2H3. The lowest BCUT2D eigenvalue weighted by atomic mass is 10.1. The largest absolute Gasteiger partial charge is 0.493 e. The van der Waals surface area contributed by atoms with Crippen LogP contribution in [-0.2, 0) is 14.6 Å². The fraction of sp³-hybridized carbons (Fsp3) is 0.273. The van der Waals surface area contributed by atoms with Crippen LogP contribution in [0.15, 0.2) is 52.4 Å². The minimum Gasteiger partial charge on any atom is -0.493 e. The topological polar surface area (TPSA) is 95.0 Å². The van der Waals surface area contributed by atoms with E-state index in [2.05, 4.69) is 4.98 Å². The zero-order valence-corrected chi connectivity index (χ0v) is 18.3. The molecule has 32 heavy (non-hydrogen) atoms. The molecule has 0 atom stereocenters. The number of carbonyl (C=O) groups excluding carboxylic acids is 1. The molecule has 1 amide bonds. The molecule has 10 heteroatoms. The Bertz CT molecular complexity index is 1290. The summed E-state index contributed by atoms with van der Waals surface area (Å²) in [5, 5.41) is 0.0268. The number of carbonyl (C=O) groups is 1. The van der Waals surface area contributed by atoms with Crippen molar-refractivity contribution in [2.24, 2.45) is 0 Å². The first-order valence-corrected chi connectivity index (χ1v) is 11.3. The number of morpholine rings is 1. The number of nitrogens with zero attached hydrogens (tertiary/aromatic N) is 2. The number of benzene rings is 2. The predicted molar refractivity (Wildman–Crippen MR) is 113 cm³/mol. The van der Waals surface area contributed by atoms with E-state index in [9.17, 15) is 17.6 Å². The van der Waals surface area contributed by atoms with E-state index < -0.39 is 21.6 Å². The van der Waals surface area contributed by atoms with E-state index in [4.69, 9.17) is 14.2 Å². The van der Waals surface area contributed by atoms with Gasteiger partial charge in [0.05, 0.1) is 48.3 Å². The number of hydrogen-bond acceptors (Lipinski definition) is 7. The predicted octanol–water partition coefficient (Wildman–Crippen LogP) is 2.70. The molecule has 4 rings (SSSR count). The number of halogens is 1. The van der Waals surface area contributed by atoms with Crippen LogP contribution >= 0.6 is 0 Å². The van der Waals surface area contributed by atoms with E-state index in [1.54, 1.807) is 0 Å². The first-order valence-electron chi connectivity index (χ1n) is 9.79. The Hall–Kier alpha value is -3.24. The summed E-state index contributed by atoms with van der Waals surface area (Å²) in [6, 6.07) is 7.76. The maximum Gasteiger partial charge on any atom is 0.256 e. The second-order valence-electron chi connectivity index (χ2n) is 7.09. The molecule has 2 heterocycles. The number of methoxy groups -OCH3 is 2. The normalized spacial score (nSPS) is 14.4. The van der Waals surface area contributed by atoms with Crippen molar-refractivity contribution in [2.75, 3.05) is 40.5 Å². The summed E-state index contributed by atoms with van der Waals surface area (Å²) in [6.45, 7) is 1.32. The highest BCUT2D eigenvalue weighted by atomic mass is 32.2. The van der Waals surface area contributed by atoms with Crippen molar-refractivity contribution in [3.63, 3.8) is 0 Å². The number of ether oxygens (including phenoxy) is 3. The van der Waals surface area contributed by atoms with Crippen LogP contribution in [0.25, 0.3) is 10.9 Å². The highest BCUT2D eigenvalue weighted by Gasteiger charge is 2.31. The molecule has 0 N–H and O–H groups in total. The smallest absolute Gasteiger partial charge is 0.256 e. The summed E-state index contributed by atoms with van der Waals surface area (Å²) in [4.78, 5) is 18.6. The van der Waals surface area contributed by atoms with Gasteiger partial charge in [-0.3, -0.25) is 9.78 Å². The Labute approximate surface area is 184 Å². The van der Waals surface area contributed by atoms with Gasteiger partial charge in [0.1, 0.15) is 5.82 Å². The summed E-state index contributed by atoms with van der Waals surface area (Å²) in [6.07, 6.45) is 1.23. The molecule has 8 nitrogen and oxygen atoms in total. The second kappa shape index (κ2) is 8.71. The van der Waals surface area contributed by atoms with E-state index in [1.165, 1.54) is 55.6 Å². The van der Waals surface area contributed by atoms with Gasteiger partial charge in [-0.15, -0.1) is 0 Å². The molecular formula is C22H21FN2O6S. The van der Waals surface area contributed by atoms with Gasteiger partial charge in [0.25, 0.3) is 5.91 Å². The molecule has 0 radical (unpaired) electrons. The van der Waals surface area contributed by atoms with E-state index in [0.717, 1.165) is 6.07 Å². The minimum atomic E-state index is -4.28. The van der Waals surface area contributed by atoms with Crippen molar-refractivity contribution in [1.82, 2.24) is 9.88 Å². The van der Waals surface area contributed by atoms with Crippen molar-refractivity contribution in [1.29, 1.82) is 0 Å². The third kappa shape index (κ3) is 3.87. The molecule has 1 saturated heterocycles. The summed E-state index contributed by atoms with van der Waals surface area (Å²) < 4.78 is 57.4. The third-order valence-corrected chi connectivity index (χ3v) is 7.10. The first-order chi connectivity index (χ1) is 15.4. The third-order valence-electron chi connectivity index (χ3n) is 5.24. The van der Waals surface area contributed by atoms with Crippen LogP contribution in [0, 0.1) is 5.82 Å².